The summed E-state index contributed by atoms with van der Waals surface area (Å²) < 4.78 is 9.63. The first-order chi connectivity index (χ1) is 33.1. The highest BCUT2D eigenvalue weighted by molar-refractivity contribution is 5.87. The molecule has 5 heterocycles. The molecule has 0 aliphatic carbocycles. The van der Waals surface area contributed by atoms with Gasteiger partial charge in [0.25, 0.3) is 0 Å². The van der Waals surface area contributed by atoms with Gasteiger partial charge in [0, 0.05) is 29.9 Å². The van der Waals surface area contributed by atoms with Crippen LogP contribution in [0.15, 0.2) is 85.2 Å². The number of aromatic nitrogens is 4. The number of hydrogen-bond acceptors (Lipinski definition) is 9. The fourth-order valence-electron chi connectivity index (χ4n) is 10.5. The van der Waals surface area contributed by atoms with E-state index in [2.05, 4.69) is 119 Å². The predicted octanol–water partition coefficient (Wildman–Crippen LogP) is 9.94. The fraction of sp³-hybridized carbons (Fsp3) is 0.481. The molecule has 3 saturated heterocycles. The first kappa shape index (κ1) is 48.8. The van der Waals surface area contributed by atoms with Crippen molar-refractivity contribution in [2.75, 3.05) is 32.2 Å². The number of ether oxygens (including phenoxy) is 2. The summed E-state index contributed by atoms with van der Waals surface area (Å²) in [6.07, 6.45) is 7.70. The molecule has 3 aliphatic rings. The molecule has 0 radical (unpaired) electrons. The lowest BCUT2D eigenvalue weighted by Crippen LogP contribution is -2.51. The summed E-state index contributed by atoms with van der Waals surface area (Å²) in [6, 6.07) is 25.0. The molecule has 4 amide bonds. The molecule has 0 bridgehead atoms. The Balaban J connectivity index is 1.00. The van der Waals surface area contributed by atoms with Crippen LogP contribution in [0.3, 0.4) is 0 Å². The number of benzene rings is 3. The summed E-state index contributed by atoms with van der Waals surface area (Å²) in [7, 11) is 2.61. The molecule has 366 valence electrons. The van der Waals surface area contributed by atoms with Crippen molar-refractivity contribution < 1.29 is 28.7 Å². The number of rotatable bonds is 13. The Kier molecular flexibility index (Phi) is 14.5. The van der Waals surface area contributed by atoms with Crippen molar-refractivity contribution in [2.45, 2.75) is 129 Å². The molecule has 4 N–H and O–H groups in total. The van der Waals surface area contributed by atoms with Crippen molar-refractivity contribution in [3.63, 3.8) is 0 Å². The van der Waals surface area contributed by atoms with Crippen LogP contribution < -0.4 is 15.5 Å². The number of carbonyl (C=O) groups excluding carboxylic acids is 4. The molecule has 69 heavy (non-hydrogen) atoms. The van der Waals surface area contributed by atoms with Crippen molar-refractivity contribution in [1.82, 2.24) is 40.4 Å². The van der Waals surface area contributed by atoms with Crippen molar-refractivity contribution in [3.8, 4) is 22.8 Å². The Labute approximate surface area is 406 Å². The Bertz CT molecular complexity index is 2430. The summed E-state index contributed by atoms with van der Waals surface area (Å²) in [4.78, 5) is 74.6. The predicted molar refractivity (Wildman–Crippen MR) is 266 cm³/mol. The molecule has 15 heteroatoms. The van der Waals surface area contributed by atoms with Gasteiger partial charge in [-0.1, -0.05) is 109 Å². The van der Waals surface area contributed by atoms with Gasteiger partial charge in [0.2, 0.25) is 11.8 Å². The van der Waals surface area contributed by atoms with Crippen molar-refractivity contribution in [2.24, 2.45) is 11.8 Å². The summed E-state index contributed by atoms with van der Waals surface area (Å²) in [5.41, 5.74) is 8.60. The number of hydrogen-bond donors (Lipinski definition) is 4. The maximum absolute atomic E-state index is 13.8. The maximum Gasteiger partial charge on any atom is 0.407 e. The van der Waals surface area contributed by atoms with E-state index >= 15 is 0 Å². The number of carbonyl (C=O) groups is 4. The molecule has 6 atom stereocenters. The lowest BCUT2D eigenvalue weighted by molar-refractivity contribution is -0.136. The minimum absolute atomic E-state index is 0.0268. The molecule has 0 saturated carbocycles. The van der Waals surface area contributed by atoms with Gasteiger partial charge in [0.1, 0.15) is 23.7 Å². The number of amides is 4. The van der Waals surface area contributed by atoms with Gasteiger partial charge < -0.3 is 44.8 Å². The van der Waals surface area contributed by atoms with Gasteiger partial charge in [-0.2, -0.15) is 0 Å². The van der Waals surface area contributed by atoms with E-state index in [1.54, 1.807) is 0 Å². The van der Waals surface area contributed by atoms with E-state index in [1.165, 1.54) is 36.6 Å². The third kappa shape index (κ3) is 10.4. The molecule has 15 nitrogen and oxygen atoms in total. The molecule has 0 unspecified atom stereocenters. The average Bonchev–Trinajstić information content (AvgIpc) is 4.21. The van der Waals surface area contributed by atoms with E-state index in [9.17, 15) is 19.2 Å². The first-order valence-corrected chi connectivity index (χ1v) is 24.6. The van der Waals surface area contributed by atoms with Gasteiger partial charge in [-0.25, -0.2) is 19.6 Å². The van der Waals surface area contributed by atoms with Crippen LogP contribution >= 0.6 is 0 Å². The summed E-state index contributed by atoms with van der Waals surface area (Å²) in [5.74, 6) is 1.03. The Hall–Kier alpha value is -6.64. The van der Waals surface area contributed by atoms with Crippen molar-refractivity contribution >= 4 is 29.7 Å². The number of imidazole rings is 2. The SMILES string of the molecule is COC(=O)N[C@H](C(=O)N1CCC[C@H]1c1cnc(-c2ccc([C@H]3CC[C@H](c4ccc(-c5ncc([C@@H]6CCCN6C(=O)[C@@H](NC(=O)OC)C(C)C)[nH]5)cc4)N3c3ccc(C(C)(C)C)cc3)cc2)[nH]1)C(C)C. The van der Waals surface area contributed by atoms with E-state index in [1.807, 2.05) is 49.9 Å². The lowest BCUT2D eigenvalue weighted by Gasteiger charge is -2.34. The van der Waals surface area contributed by atoms with E-state index in [-0.39, 0.29) is 53.2 Å². The maximum atomic E-state index is 13.8. The van der Waals surface area contributed by atoms with Gasteiger partial charge in [0.15, 0.2) is 0 Å². The Morgan fingerprint density at radius 1 is 0.594 bits per heavy atom. The van der Waals surface area contributed by atoms with Crippen LogP contribution in [0, 0.1) is 11.8 Å². The Morgan fingerprint density at radius 2 is 1.00 bits per heavy atom. The summed E-state index contributed by atoms with van der Waals surface area (Å²) >= 11 is 0. The number of H-pyrrole nitrogens is 2. The van der Waals surface area contributed by atoms with Crippen LogP contribution in [-0.4, -0.2) is 93.1 Å². The van der Waals surface area contributed by atoms with Crippen LogP contribution in [0.5, 0.6) is 0 Å². The number of nitrogens with one attached hydrogen (secondary N) is 4. The van der Waals surface area contributed by atoms with Crippen molar-refractivity contribution in [1.29, 1.82) is 0 Å². The fourth-order valence-corrected chi connectivity index (χ4v) is 10.5. The highest BCUT2D eigenvalue weighted by Gasteiger charge is 2.40. The van der Waals surface area contributed by atoms with Crippen molar-refractivity contribution in [3.05, 3.63) is 113 Å². The third-order valence-corrected chi connectivity index (χ3v) is 14.3. The molecule has 2 aromatic heterocycles. The van der Waals surface area contributed by atoms with Crippen LogP contribution in [0.2, 0.25) is 0 Å². The van der Waals surface area contributed by atoms with Gasteiger partial charge >= 0.3 is 12.2 Å². The van der Waals surface area contributed by atoms with Gasteiger partial charge in [0.05, 0.1) is 62.2 Å². The smallest absolute Gasteiger partial charge is 0.407 e. The number of anilines is 1. The molecule has 8 rings (SSSR count). The van der Waals surface area contributed by atoms with E-state index < -0.39 is 24.3 Å². The number of nitrogens with zero attached hydrogens (tertiary/aromatic N) is 5. The zero-order valence-electron chi connectivity index (χ0n) is 41.5. The van der Waals surface area contributed by atoms with E-state index in [4.69, 9.17) is 19.4 Å². The van der Waals surface area contributed by atoms with Gasteiger partial charge in [-0.3, -0.25) is 9.59 Å². The standard InChI is InChI=1S/C54H69N9O6/c1-32(2)46(59-52(66)68-8)50(64)61-28-10-12-44(61)40-30-55-48(57-40)36-18-14-34(15-19-36)42-26-27-43(63(42)39-24-22-38(23-25-39)54(5,6)7)35-16-20-37(21-17-35)49-56-31-41(58-49)45-13-11-29-62(45)51(65)47(33(3)4)60-53(67)69-9/h14-25,30-33,42-47H,10-13,26-29H2,1-9H3,(H,55,57)(H,56,58)(H,59,66)(H,60,67)/t42-,43-,44+,45+,46+,47+/m1/s1. The molecule has 3 fully saturated rings. The zero-order chi connectivity index (χ0) is 49.1. The number of likely N-dealkylation sites (tertiary alicyclic amines) is 2. The number of methoxy groups -OCH3 is 2. The topological polar surface area (TPSA) is 178 Å². The number of alkyl carbamates (subject to hydrolysis) is 2. The molecule has 5 aromatic rings. The summed E-state index contributed by atoms with van der Waals surface area (Å²) in [5, 5.41) is 5.47. The lowest BCUT2D eigenvalue weighted by atomic mass is 9.87. The largest absolute Gasteiger partial charge is 0.453 e. The normalized spacial score (nSPS) is 20.4. The first-order valence-electron chi connectivity index (χ1n) is 24.6. The van der Waals surface area contributed by atoms with Crippen LogP contribution in [0.25, 0.3) is 22.8 Å². The molecule has 0 spiro atoms. The Morgan fingerprint density at radius 3 is 1.36 bits per heavy atom. The summed E-state index contributed by atoms with van der Waals surface area (Å²) in [6.45, 7) is 15.6. The molecular formula is C54H69N9O6. The third-order valence-electron chi connectivity index (χ3n) is 14.3. The highest BCUT2D eigenvalue weighted by Crippen LogP contribution is 2.48. The van der Waals surface area contributed by atoms with E-state index in [0.29, 0.717) is 13.1 Å². The second kappa shape index (κ2) is 20.5. The monoisotopic (exact) mass is 940 g/mol. The van der Waals surface area contributed by atoms with E-state index in [0.717, 1.165) is 72.7 Å². The minimum atomic E-state index is -0.688. The highest BCUT2D eigenvalue weighted by atomic mass is 16.5. The van der Waals surface area contributed by atoms with Gasteiger partial charge in [-0.15, -0.1) is 0 Å². The second-order valence-electron chi connectivity index (χ2n) is 20.5. The molecule has 3 aliphatic heterocycles. The average molecular weight is 940 g/mol. The van der Waals surface area contributed by atoms with Gasteiger partial charge in [-0.05, 0) is 84.6 Å². The number of aromatic amines is 2. The molecule has 3 aromatic carbocycles. The van der Waals surface area contributed by atoms with Crippen LogP contribution in [0.4, 0.5) is 15.3 Å². The minimum Gasteiger partial charge on any atom is -0.453 e. The zero-order valence-corrected chi connectivity index (χ0v) is 41.5. The van der Waals surface area contributed by atoms with Crippen LogP contribution in [-0.2, 0) is 24.5 Å². The quantitative estimate of drug-likeness (QED) is 0.0895. The molecular weight excluding hydrogens is 871 g/mol. The second-order valence-corrected chi connectivity index (χ2v) is 20.5. The van der Waals surface area contributed by atoms with Crippen LogP contribution in [0.1, 0.15) is 139 Å².